The molecule has 3 aromatic rings. The fourth-order valence-electron chi connectivity index (χ4n) is 2.44. The van der Waals surface area contributed by atoms with Gasteiger partial charge in [-0.15, -0.1) is 0 Å². The smallest absolute Gasteiger partial charge is 0.326 e. The zero-order chi connectivity index (χ0) is 18.7. The lowest BCUT2D eigenvalue weighted by Crippen LogP contribution is -2.15. The molecular weight excluding hydrogens is 347 g/mol. The van der Waals surface area contributed by atoms with Crippen molar-refractivity contribution >= 4 is 11.6 Å². The molecule has 0 unspecified atom stereocenters. The van der Waals surface area contributed by atoms with Crippen molar-refractivity contribution in [2.45, 2.75) is 26.1 Å². The topological polar surface area (TPSA) is 64.7 Å². The van der Waals surface area contributed by atoms with E-state index in [1.807, 2.05) is 13.1 Å². The molecule has 1 aromatic carbocycles. The third kappa shape index (κ3) is 4.11. The highest BCUT2D eigenvalue weighted by atomic mass is 19.4. The minimum Gasteiger partial charge on any atom is -0.326 e. The molecule has 6 nitrogen and oxygen atoms in total. The van der Waals surface area contributed by atoms with Crippen molar-refractivity contribution in [3.8, 4) is 5.69 Å². The van der Waals surface area contributed by atoms with E-state index in [-0.39, 0.29) is 18.0 Å². The first kappa shape index (κ1) is 17.7. The fourth-order valence-corrected chi connectivity index (χ4v) is 2.44. The van der Waals surface area contributed by atoms with E-state index >= 15 is 0 Å². The number of hydrogen-bond donors (Lipinski definition) is 1. The highest BCUT2D eigenvalue weighted by Gasteiger charge is 2.35. The minimum atomic E-state index is -4.49. The lowest BCUT2D eigenvalue weighted by Gasteiger charge is -2.11. The SMILES string of the molecule is Cc1cnn(CCC(=O)Nc2ccc(-n3nccc3C(F)(F)F)cc2)c1. The Labute approximate surface area is 147 Å². The molecule has 0 aliphatic heterocycles. The number of benzene rings is 1. The number of nitrogens with zero attached hydrogens (tertiary/aromatic N) is 4. The standard InChI is InChI=1S/C17H16F3N5O/c1-12-10-22-24(11-12)9-7-16(26)23-13-2-4-14(5-3-13)25-15(6-8-21-25)17(18,19)20/h2-6,8,10-11H,7,9H2,1H3,(H,23,26). The van der Waals surface area contributed by atoms with Crippen LogP contribution in [0.4, 0.5) is 18.9 Å². The largest absolute Gasteiger partial charge is 0.433 e. The molecule has 0 spiro atoms. The van der Waals surface area contributed by atoms with Gasteiger partial charge in [-0.05, 0) is 42.8 Å². The Kier molecular flexibility index (Phi) is 4.79. The zero-order valence-corrected chi connectivity index (χ0v) is 13.9. The summed E-state index contributed by atoms with van der Waals surface area (Å²) < 4.78 is 41.2. The molecule has 2 heterocycles. The van der Waals surface area contributed by atoms with Gasteiger partial charge in [0.05, 0.1) is 18.1 Å². The molecule has 0 bridgehead atoms. The van der Waals surface area contributed by atoms with Crippen molar-refractivity contribution in [1.29, 1.82) is 0 Å². The van der Waals surface area contributed by atoms with Gasteiger partial charge in [-0.1, -0.05) is 0 Å². The Hall–Kier alpha value is -3.10. The third-order valence-electron chi connectivity index (χ3n) is 3.66. The van der Waals surface area contributed by atoms with Crippen molar-refractivity contribution < 1.29 is 18.0 Å². The number of aryl methyl sites for hydroxylation is 2. The van der Waals surface area contributed by atoms with Crippen LogP contribution in [0.1, 0.15) is 17.7 Å². The summed E-state index contributed by atoms with van der Waals surface area (Å²) in [7, 11) is 0. The van der Waals surface area contributed by atoms with E-state index in [0.717, 1.165) is 22.5 Å². The summed E-state index contributed by atoms with van der Waals surface area (Å²) in [5.74, 6) is -0.207. The maximum atomic E-state index is 12.9. The van der Waals surface area contributed by atoms with Gasteiger partial charge in [0.2, 0.25) is 5.91 Å². The lowest BCUT2D eigenvalue weighted by atomic mass is 10.2. The highest BCUT2D eigenvalue weighted by Crippen LogP contribution is 2.30. The number of anilines is 1. The van der Waals surface area contributed by atoms with Crippen LogP contribution in [0.25, 0.3) is 5.69 Å². The first-order valence-corrected chi connectivity index (χ1v) is 7.83. The summed E-state index contributed by atoms with van der Waals surface area (Å²) in [6, 6.07) is 6.91. The summed E-state index contributed by atoms with van der Waals surface area (Å²) in [4.78, 5) is 12.0. The summed E-state index contributed by atoms with van der Waals surface area (Å²) in [6.45, 7) is 2.36. The highest BCUT2D eigenvalue weighted by molar-refractivity contribution is 5.90. The van der Waals surface area contributed by atoms with Crippen LogP contribution >= 0.6 is 0 Å². The lowest BCUT2D eigenvalue weighted by molar-refractivity contribution is -0.142. The van der Waals surface area contributed by atoms with Crippen molar-refractivity contribution in [3.05, 3.63) is 60.2 Å². The number of amides is 1. The maximum Gasteiger partial charge on any atom is 0.433 e. The van der Waals surface area contributed by atoms with Gasteiger partial charge in [0.15, 0.2) is 0 Å². The molecule has 3 rings (SSSR count). The monoisotopic (exact) mass is 363 g/mol. The number of aromatic nitrogens is 4. The molecule has 0 radical (unpaired) electrons. The molecule has 2 aromatic heterocycles. The summed E-state index contributed by atoms with van der Waals surface area (Å²) in [5, 5.41) is 10.5. The summed E-state index contributed by atoms with van der Waals surface area (Å²) in [5.41, 5.74) is 0.907. The molecule has 1 amide bonds. The van der Waals surface area contributed by atoms with Crippen LogP contribution in [-0.4, -0.2) is 25.5 Å². The molecule has 0 saturated heterocycles. The van der Waals surface area contributed by atoms with E-state index < -0.39 is 11.9 Å². The second kappa shape index (κ2) is 7.03. The average molecular weight is 363 g/mol. The van der Waals surface area contributed by atoms with E-state index in [1.165, 1.54) is 24.3 Å². The van der Waals surface area contributed by atoms with Crippen molar-refractivity contribution in [3.63, 3.8) is 0 Å². The Morgan fingerprint density at radius 2 is 1.88 bits per heavy atom. The van der Waals surface area contributed by atoms with Crippen LogP contribution in [0.15, 0.2) is 48.9 Å². The Morgan fingerprint density at radius 1 is 1.15 bits per heavy atom. The second-order valence-corrected chi connectivity index (χ2v) is 5.75. The first-order valence-electron chi connectivity index (χ1n) is 7.83. The van der Waals surface area contributed by atoms with Crippen LogP contribution in [-0.2, 0) is 17.5 Å². The number of alkyl halides is 3. The van der Waals surface area contributed by atoms with E-state index in [1.54, 1.807) is 10.9 Å². The number of halogens is 3. The van der Waals surface area contributed by atoms with Gasteiger partial charge in [-0.25, -0.2) is 4.68 Å². The molecule has 0 saturated carbocycles. The van der Waals surface area contributed by atoms with Gasteiger partial charge in [0, 0.05) is 24.8 Å². The minimum absolute atomic E-state index is 0.207. The van der Waals surface area contributed by atoms with Gasteiger partial charge >= 0.3 is 6.18 Å². The number of hydrogen-bond acceptors (Lipinski definition) is 3. The average Bonchev–Trinajstić information content (AvgIpc) is 3.22. The van der Waals surface area contributed by atoms with Crippen molar-refractivity contribution in [2.24, 2.45) is 0 Å². The predicted molar refractivity (Wildman–Crippen MR) is 88.8 cm³/mol. The quantitative estimate of drug-likeness (QED) is 0.755. The zero-order valence-electron chi connectivity index (χ0n) is 13.9. The van der Waals surface area contributed by atoms with E-state index in [9.17, 15) is 18.0 Å². The van der Waals surface area contributed by atoms with E-state index in [4.69, 9.17) is 0 Å². The molecule has 136 valence electrons. The van der Waals surface area contributed by atoms with Crippen molar-refractivity contribution in [1.82, 2.24) is 19.6 Å². The fraction of sp³-hybridized carbons (Fsp3) is 0.235. The first-order chi connectivity index (χ1) is 12.3. The van der Waals surface area contributed by atoms with Gasteiger partial charge in [0.25, 0.3) is 0 Å². The number of rotatable bonds is 5. The molecule has 1 N–H and O–H groups in total. The van der Waals surface area contributed by atoms with Crippen molar-refractivity contribution in [2.75, 3.05) is 5.32 Å². The second-order valence-electron chi connectivity index (χ2n) is 5.75. The number of nitrogens with one attached hydrogen (secondary N) is 1. The predicted octanol–water partition coefficient (Wildman–Crippen LogP) is 3.42. The maximum absolute atomic E-state index is 12.9. The Balaban J connectivity index is 1.63. The number of carbonyl (C=O) groups excluding carboxylic acids is 1. The van der Waals surface area contributed by atoms with Crippen LogP contribution in [0.5, 0.6) is 0 Å². The molecule has 0 fully saturated rings. The van der Waals surface area contributed by atoms with Crippen LogP contribution in [0, 0.1) is 6.92 Å². The molecule has 0 aliphatic rings. The molecular formula is C17H16F3N5O. The van der Waals surface area contributed by atoms with Gasteiger partial charge in [-0.3, -0.25) is 9.48 Å². The molecule has 0 atom stereocenters. The summed E-state index contributed by atoms with van der Waals surface area (Å²) >= 11 is 0. The molecule has 9 heteroatoms. The normalized spacial score (nSPS) is 11.5. The van der Waals surface area contributed by atoms with Gasteiger partial charge in [0.1, 0.15) is 5.69 Å². The van der Waals surface area contributed by atoms with E-state index in [0.29, 0.717) is 12.2 Å². The van der Waals surface area contributed by atoms with Gasteiger partial charge < -0.3 is 5.32 Å². The van der Waals surface area contributed by atoms with Gasteiger partial charge in [-0.2, -0.15) is 23.4 Å². The van der Waals surface area contributed by atoms with E-state index in [2.05, 4.69) is 15.5 Å². The number of carbonyl (C=O) groups is 1. The Bertz CT molecular complexity index is 896. The van der Waals surface area contributed by atoms with Crippen LogP contribution in [0.2, 0.25) is 0 Å². The van der Waals surface area contributed by atoms with Crippen LogP contribution in [0.3, 0.4) is 0 Å². The summed E-state index contributed by atoms with van der Waals surface area (Å²) in [6.07, 6.45) is 0.384. The Morgan fingerprint density at radius 3 is 2.50 bits per heavy atom. The third-order valence-corrected chi connectivity index (χ3v) is 3.66. The van der Waals surface area contributed by atoms with Crippen LogP contribution < -0.4 is 5.32 Å². The molecule has 0 aliphatic carbocycles. The molecule has 26 heavy (non-hydrogen) atoms.